The van der Waals surface area contributed by atoms with Crippen molar-refractivity contribution in [2.45, 2.75) is 6.92 Å². The summed E-state index contributed by atoms with van der Waals surface area (Å²) in [5, 5.41) is 9.77. The molecule has 0 unspecified atom stereocenters. The van der Waals surface area contributed by atoms with Crippen LogP contribution in [0.25, 0.3) is 0 Å². The Morgan fingerprint density at radius 2 is 2.50 bits per heavy atom. The van der Waals surface area contributed by atoms with Crippen LogP contribution < -0.4 is 5.32 Å². The molecule has 0 aromatic carbocycles. The first-order valence-corrected chi connectivity index (χ1v) is 2.13. The van der Waals surface area contributed by atoms with Gasteiger partial charge in [0.05, 0.1) is 0 Å². The number of allylic oxidation sites excluding steroid dienone is 1. The Bertz CT molecular complexity index is 143. The Morgan fingerprint density at radius 1 is 1.88 bits per heavy atom. The molecule has 0 aliphatic carbocycles. The van der Waals surface area contributed by atoms with Gasteiger partial charge in [-0.3, -0.25) is 10.1 Å². The van der Waals surface area contributed by atoms with Crippen LogP contribution in [0.15, 0.2) is 12.2 Å². The molecule has 1 N–H and O–H groups in total. The summed E-state index contributed by atoms with van der Waals surface area (Å²) in [5.74, 6) is -0.380. The van der Waals surface area contributed by atoms with Gasteiger partial charge in [-0.2, -0.15) is 5.26 Å². The van der Waals surface area contributed by atoms with Gasteiger partial charge in [0.1, 0.15) is 0 Å². The molecule has 0 bridgehead atoms. The fourth-order valence-corrected chi connectivity index (χ4v) is 0.248. The van der Waals surface area contributed by atoms with Gasteiger partial charge in [0, 0.05) is 0 Å². The van der Waals surface area contributed by atoms with Gasteiger partial charge in [0.25, 0.3) is 5.91 Å². The van der Waals surface area contributed by atoms with Crippen molar-refractivity contribution in [3.05, 3.63) is 12.2 Å². The highest BCUT2D eigenvalue weighted by atomic mass is 16.1. The van der Waals surface area contributed by atoms with Crippen molar-refractivity contribution in [3.8, 4) is 6.19 Å². The minimum absolute atomic E-state index is 0.380. The molecule has 0 spiro atoms. The number of nitrogens with one attached hydrogen (secondary N) is 1. The predicted molar refractivity (Wildman–Crippen MR) is 28.6 cm³/mol. The molecule has 0 saturated carbocycles. The Labute approximate surface area is 47.6 Å². The highest BCUT2D eigenvalue weighted by molar-refractivity contribution is 5.88. The lowest BCUT2D eigenvalue weighted by atomic mass is 10.5. The van der Waals surface area contributed by atoms with Crippen LogP contribution in [0.4, 0.5) is 0 Å². The average Bonchev–Trinajstić information content (AvgIpc) is 1.68. The smallest absolute Gasteiger partial charge is 0.256 e. The molecule has 0 fully saturated rings. The first kappa shape index (κ1) is 6.70. The second-order valence-corrected chi connectivity index (χ2v) is 1.10. The van der Waals surface area contributed by atoms with Crippen molar-refractivity contribution in [3.63, 3.8) is 0 Å². The van der Waals surface area contributed by atoms with E-state index in [1.807, 2.05) is 5.32 Å². The van der Waals surface area contributed by atoms with E-state index in [4.69, 9.17) is 5.26 Å². The lowest BCUT2D eigenvalue weighted by molar-refractivity contribution is -0.115. The molecule has 0 heterocycles. The van der Waals surface area contributed by atoms with Gasteiger partial charge < -0.3 is 0 Å². The van der Waals surface area contributed by atoms with Crippen molar-refractivity contribution in [1.29, 1.82) is 5.26 Å². The van der Waals surface area contributed by atoms with E-state index in [0.29, 0.717) is 0 Å². The summed E-state index contributed by atoms with van der Waals surface area (Å²) in [5.41, 5.74) is 0. The Morgan fingerprint density at radius 3 is 2.88 bits per heavy atom. The Hall–Kier alpha value is -1.30. The summed E-state index contributed by atoms with van der Waals surface area (Å²) in [6.45, 7) is 1.71. The topological polar surface area (TPSA) is 52.9 Å². The Kier molecular flexibility index (Phi) is 3.25. The van der Waals surface area contributed by atoms with Gasteiger partial charge in [-0.15, -0.1) is 0 Å². The minimum Gasteiger partial charge on any atom is -0.269 e. The quantitative estimate of drug-likeness (QED) is 0.297. The van der Waals surface area contributed by atoms with Crippen LogP contribution in [-0.2, 0) is 4.79 Å². The molecule has 0 atom stereocenters. The molecule has 3 nitrogen and oxygen atoms in total. The summed E-state index contributed by atoms with van der Waals surface area (Å²) in [6.07, 6.45) is 4.34. The molecule has 0 aliphatic heterocycles. The fourth-order valence-electron chi connectivity index (χ4n) is 0.248. The zero-order chi connectivity index (χ0) is 6.41. The summed E-state index contributed by atoms with van der Waals surface area (Å²) >= 11 is 0. The van der Waals surface area contributed by atoms with E-state index in [9.17, 15) is 4.79 Å². The fraction of sp³-hybridized carbons (Fsp3) is 0.200. The third kappa shape index (κ3) is 2.91. The Balaban J connectivity index is 3.53. The van der Waals surface area contributed by atoms with Crippen LogP contribution in [0.3, 0.4) is 0 Å². The van der Waals surface area contributed by atoms with E-state index in [1.165, 1.54) is 12.3 Å². The molecule has 3 heteroatoms. The number of carbonyl (C=O) groups excluding carboxylic acids is 1. The molecular weight excluding hydrogens is 104 g/mol. The molecule has 1 amide bonds. The summed E-state index contributed by atoms with van der Waals surface area (Å²) in [6, 6.07) is 0. The van der Waals surface area contributed by atoms with E-state index >= 15 is 0 Å². The molecule has 0 aliphatic rings. The number of hydrogen-bond donors (Lipinski definition) is 1. The monoisotopic (exact) mass is 110 g/mol. The molecule has 0 rings (SSSR count). The predicted octanol–water partition coefficient (Wildman–Crippen LogP) is 0.160. The highest BCUT2D eigenvalue weighted by Crippen LogP contribution is 1.67. The first-order valence-electron chi connectivity index (χ1n) is 2.13. The van der Waals surface area contributed by atoms with E-state index in [2.05, 4.69) is 0 Å². The van der Waals surface area contributed by atoms with Crippen molar-refractivity contribution in [2.75, 3.05) is 0 Å². The average molecular weight is 110 g/mol. The molecule has 42 valence electrons. The van der Waals surface area contributed by atoms with E-state index in [0.717, 1.165) is 0 Å². The maximum atomic E-state index is 10.2. The SMILES string of the molecule is CC=CC(=O)NC#N. The van der Waals surface area contributed by atoms with Crippen LogP contribution in [0.5, 0.6) is 0 Å². The lowest BCUT2D eigenvalue weighted by Crippen LogP contribution is -2.13. The normalized spacial score (nSPS) is 8.50. The molecule has 0 saturated heterocycles. The van der Waals surface area contributed by atoms with Crippen molar-refractivity contribution < 1.29 is 4.79 Å². The highest BCUT2D eigenvalue weighted by Gasteiger charge is 1.85. The molecule has 0 aromatic heterocycles. The third-order valence-electron chi connectivity index (χ3n) is 0.497. The molecule has 0 aromatic rings. The van der Waals surface area contributed by atoms with Gasteiger partial charge in [0.2, 0.25) is 0 Å². The van der Waals surface area contributed by atoms with Crippen LogP contribution >= 0.6 is 0 Å². The van der Waals surface area contributed by atoms with E-state index in [1.54, 1.807) is 13.0 Å². The standard InChI is InChI=1S/C5H6N2O/c1-2-3-5(8)7-4-6/h2-3H,1H3,(H,7,8). The van der Waals surface area contributed by atoms with Crippen LogP contribution in [0, 0.1) is 11.5 Å². The van der Waals surface area contributed by atoms with Gasteiger partial charge in [-0.25, -0.2) is 0 Å². The van der Waals surface area contributed by atoms with Crippen molar-refractivity contribution in [2.24, 2.45) is 0 Å². The number of carbonyl (C=O) groups is 1. The number of hydrogen-bond acceptors (Lipinski definition) is 2. The maximum Gasteiger partial charge on any atom is 0.256 e. The van der Waals surface area contributed by atoms with Gasteiger partial charge in [-0.05, 0) is 13.0 Å². The van der Waals surface area contributed by atoms with E-state index < -0.39 is 0 Å². The summed E-state index contributed by atoms with van der Waals surface area (Å²) < 4.78 is 0. The lowest BCUT2D eigenvalue weighted by Gasteiger charge is -1.81. The van der Waals surface area contributed by atoms with Crippen molar-refractivity contribution in [1.82, 2.24) is 5.32 Å². The van der Waals surface area contributed by atoms with Crippen LogP contribution in [0.1, 0.15) is 6.92 Å². The molecule has 8 heavy (non-hydrogen) atoms. The maximum absolute atomic E-state index is 10.2. The van der Waals surface area contributed by atoms with Crippen molar-refractivity contribution >= 4 is 5.91 Å². The zero-order valence-electron chi connectivity index (χ0n) is 4.51. The second kappa shape index (κ2) is 3.88. The van der Waals surface area contributed by atoms with Gasteiger partial charge in [0.15, 0.2) is 6.19 Å². The second-order valence-electron chi connectivity index (χ2n) is 1.10. The van der Waals surface area contributed by atoms with E-state index in [-0.39, 0.29) is 5.91 Å². The third-order valence-corrected chi connectivity index (χ3v) is 0.497. The largest absolute Gasteiger partial charge is 0.269 e. The van der Waals surface area contributed by atoms with Gasteiger partial charge >= 0.3 is 0 Å². The first-order chi connectivity index (χ1) is 3.81. The van der Waals surface area contributed by atoms with Crippen LogP contribution in [-0.4, -0.2) is 5.91 Å². The molecule has 0 radical (unpaired) electrons. The van der Waals surface area contributed by atoms with Crippen LogP contribution in [0.2, 0.25) is 0 Å². The van der Waals surface area contributed by atoms with Gasteiger partial charge in [-0.1, -0.05) is 6.08 Å². The summed E-state index contributed by atoms with van der Waals surface area (Å²) in [4.78, 5) is 10.2. The molecular formula is C5H6N2O. The minimum atomic E-state index is -0.380. The number of nitrogens with zero attached hydrogens (tertiary/aromatic N) is 1. The number of rotatable bonds is 1. The number of amides is 1. The zero-order valence-corrected chi connectivity index (χ0v) is 4.51. The summed E-state index contributed by atoms with van der Waals surface area (Å²) in [7, 11) is 0. The number of nitriles is 1.